The Balaban J connectivity index is 2.17. The van der Waals surface area contributed by atoms with Crippen LogP contribution >= 0.6 is 0 Å². The molecule has 2 atom stereocenters. The quantitative estimate of drug-likeness (QED) is 0.774. The fourth-order valence-electron chi connectivity index (χ4n) is 2.33. The van der Waals surface area contributed by atoms with E-state index in [-0.39, 0.29) is 12.1 Å². The Morgan fingerprint density at radius 3 is 2.88 bits per heavy atom. The third-order valence-electron chi connectivity index (χ3n) is 3.24. The van der Waals surface area contributed by atoms with Crippen molar-refractivity contribution in [2.75, 3.05) is 17.7 Å². The third kappa shape index (κ3) is 2.09. The van der Waals surface area contributed by atoms with E-state index in [2.05, 4.69) is 9.97 Å². The number of nitrogen functional groups attached to an aromatic ring is 1. The molecule has 0 radical (unpaired) electrons. The minimum absolute atomic E-state index is 0.117. The van der Waals surface area contributed by atoms with Crippen molar-refractivity contribution in [2.45, 2.75) is 37.8 Å². The summed E-state index contributed by atoms with van der Waals surface area (Å²) in [6.07, 6.45) is 6.89. The number of likely N-dealkylation sites (N-methyl/N-ethyl adjacent to an activating group) is 1. The number of nitrogens with two attached hydrogens (primary N) is 1. The van der Waals surface area contributed by atoms with Gasteiger partial charge >= 0.3 is 0 Å². The van der Waals surface area contributed by atoms with Gasteiger partial charge in [0.2, 0.25) is 0 Å². The predicted molar refractivity (Wildman–Crippen MR) is 63.1 cm³/mol. The zero-order valence-corrected chi connectivity index (χ0v) is 9.50. The molecule has 0 spiro atoms. The minimum Gasteiger partial charge on any atom is -0.394 e. The molecule has 1 saturated carbocycles. The molecule has 0 saturated heterocycles. The molecule has 1 heterocycles. The van der Waals surface area contributed by atoms with Crippen molar-refractivity contribution in [3.05, 3.63) is 12.5 Å². The summed E-state index contributed by atoms with van der Waals surface area (Å²) in [5, 5.41) is 9.97. The van der Waals surface area contributed by atoms with Crippen LogP contribution in [0.25, 0.3) is 0 Å². The van der Waals surface area contributed by atoms with Crippen LogP contribution in [0.3, 0.4) is 0 Å². The van der Waals surface area contributed by atoms with Gasteiger partial charge in [0, 0.05) is 7.05 Å². The maximum absolute atomic E-state index is 9.97. The summed E-state index contributed by atoms with van der Waals surface area (Å²) >= 11 is 0. The Bertz CT molecular complexity index is 358. The lowest BCUT2D eigenvalue weighted by atomic mass is 9.91. The number of hydrogen-bond donors (Lipinski definition) is 2. The Morgan fingerprint density at radius 2 is 2.19 bits per heavy atom. The fourth-order valence-corrected chi connectivity index (χ4v) is 2.33. The lowest BCUT2D eigenvalue weighted by Crippen LogP contribution is -2.44. The summed E-state index contributed by atoms with van der Waals surface area (Å²) in [6.45, 7) is 0. The van der Waals surface area contributed by atoms with Crippen molar-refractivity contribution >= 4 is 11.5 Å². The van der Waals surface area contributed by atoms with Gasteiger partial charge in [0.1, 0.15) is 6.33 Å². The first-order chi connectivity index (χ1) is 7.70. The lowest BCUT2D eigenvalue weighted by molar-refractivity contribution is 0.106. The third-order valence-corrected chi connectivity index (χ3v) is 3.24. The zero-order chi connectivity index (χ0) is 11.5. The van der Waals surface area contributed by atoms with Crippen molar-refractivity contribution in [1.82, 2.24) is 9.97 Å². The van der Waals surface area contributed by atoms with E-state index in [1.165, 1.54) is 6.33 Å². The summed E-state index contributed by atoms with van der Waals surface area (Å²) in [6, 6.07) is 0.117. The number of aromatic nitrogens is 2. The van der Waals surface area contributed by atoms with Gasteiger partial charge in [-0.1, -0.05) is 12.8 Å². The minimum atomic E-state index is -0.284. The van der Waals surface area contributed by atoms with Gasteiger partial charge in [0.15, 0.2) is 5.82 Å². The molecule has 16 heavy (non-hydrogen) atoms. The largest absolute Gasteiger partial charge is 0.394 e. The predicted octanol–water partition coefficient (Wildman–Crippen LogP) is 0.799. The Hall–Kier alpha value is -1.36. The molecule has 1 fully saturated rings. The highest BCUT2D eigenvalue weighted by atomic mass is 16.3. The van der Waals surface area contributed by atoms with Crippen LogP contribution in [0.1, 0.15) is 25.7 Å². The van der Waals surface area contributed by atoms with Gasteiger partial charge in [-0.25, -0.2) is 9.97 Å². The van der Waals surface area contributed by atoms with Crippen molar-refractivity contribution in [3.63, 3.8) is 0 Å². The molecule has 0 amide bonds. The summed E-state index contributed by atoms with van der Waals surface area (Å²) in [5.74, 6) is 0.709. The highest BCUT2D eigenvalue weighted by Crippen LogP contribution is 2.27. The number of hydrogen-bond acceptors (Lipinski definition) is 5. The highest BCUT2D eigenvalue weighted by Gasteiger charge is 2.28. The monoisotopic (exact) mass is 222 g/mol. The molecular weight excluding hydrogens is 204 g/mol. The van der Waals surface area contributed by atoms with E-state index in [9.17, 15) is 5.11 Å². The van der Waals surface area contributed by atoms with Crippen LogP contribution in [-0.4, -0.2) is 34.3 Å². The van der Waals surface area contributed by atoms with E-state index in [4.69, 9.17) is 5.73 Å². The molecule has 88 valence electrons. The number of rotatable bonds is 2. The zero-order valence-electron chi connectivity index (χ0n) is 9.50. The SMILES string of the molecule is CN(c1ncncc1N)C1CCCCC1O. The molecule has 1 aromatic heterocycles. The second-order valence-corrected chi connectivity index (χ2v) is 4.33. The normalized spacial score (nSPS) is 25.4. The van der Waals surface area contributed by atoms with E-state index in [1.54, 1.807) is 6.20 Å². The molecular formula is C11H18N4O. The highest BCUT2D eigenvalue weighted by molar-refractivity contribution is 5.61. The van der Waals surface area contributed by atoms with Crippen LogP contribution in [0, 0.1) is 0 Å². The van der Waals surface area contributed by atoms with Crippen molar-refractivity contribution < 1.29 is 5.11 Å². The second kappa shape index (κ2) is 4.65. The van der Waals surface area contributed by atoms with E-state index < -0.39 is 0 Å². The van der Waals surface area contributed by atoms with Crippen LogP contribution in [0.4, 0.5) is 11.5 Å². The van der Waals surface area contributed by atoms with Crippen LogP contribution < -0.4 is 10.6 Å². The number of anilines is 2. The van der Waals surface area contributed by atoms with Gasteiger partial charge < -0.3 is 15.7 Å². The summed E-state index contributed by atoms with van der Waals surface area (Å²) in [5.41, 5.74) is 6.38. The summed E-state index contributed by atoms with van der Waals surface area (Å²) in [4.78, 5) is 10.0. The molecule has 1 aliphatic rings. The van der Waals surface area contributed by atoms with Gasteiger partial charge in [-0.2, -0.15) is 0 Å². The van der Waals surface area contributed by atoms with Crippen LogP contribution in [-0.2, 0) is 0 Å². The number of aliphatic hydroxyl groups excluding tert-OH is 1. The number of aliphatic hydroxyl groups is 1. The lowest BCUT2D eigenvalue weighted by Gasteiger charge is -2.36. The number of nitrogens with zero attached hydrogens (tertiary/aromatic N) is 3. The first kappa shape index (κ1) is 11.1. The standard InChI is InChI=1S/C11H18N4O/c1-15(9-4-2-3-5-10(9)16)11-8(12)6-13-7-14-11/h6-7,9-10,16H,2-5,12H2,1H3. The van der Waals surface area contributed by atoms with E-state index in [0.29, 0.717) is 11.5 Å². The van der Waals surface area contributed by atoms with Crippen molar-refractivity contribution in [3.8, 4) is 0 Å². The molecule has 0 aliphatic heterocycles. The van der Waals surface area contributed by atoms with Crippen molar-refractivity contribution in [1.29, 1.82) is 0 Å². The average molecular weight is 222 g/mol. The van der Waals surface area contributed by atoms with Crippen LogP contribution in [0.5, 0.6) is 0 Å². The van der Waals surface area contributed by atoms with Crippen LogP contribution in [0.2, 0.25) is 0 Å². The second-order valence-electron chi connectivity index (χ2n) is 4.33. The average Bonchev–Trinajstić information content (AvgIpc) is 2.29. The first-order valence-corrected chi connectivity index (χ1v) is 5.66. The van der Waals surface area contributed by atoms with E-state index in [0.717, 1.165) is 25.7 Å². The smallest absolute Gasteiger partial charge is 0.155 e. The Morgan fingerprint density at radius 1 is 1.44 bits per heavy atom. The summed E-state index contributed by atoms with van der Waals surface area (Å²) in [7, 11) is 1.93. The first-order valence-electron chi connectivity index (χ1n) is 5.66. The summed E-state index contributed by atoms with van der Waals surface area (Å²) < 4.78 is 0. The molecule has 3 N–H and O–H groups in total. The van der Waals surface area contributed by atoms with Gasteiger partial charge in [-0.05, 0) is 12.8 Å². The molecule has 2 unspecified atom stereocenters. The topological polar surface area (TPSA) is 75.3 Å². The molecule has 5 heteroatoms. The fraction of sp³-hybridized carbons (Fsp3) is 0.636. The van der Waals surface area contributed by atoms with E-state index in [1.807, 2.05) is 11.9 Å². The molecule has 0 bridgehead atoms. The molecule has 5 nitrogen and oxygen atoms in total. The van der Waals surface area contributed by atoms with E-state index >= 15 is 0 Å². The van der Waals surface area contributed by atoms with Crippen molar-refractivity contribution in [2.24, 2.45) is 0 Å². The molecule has 1 aliphatic carbocycles. The Labute approximate surface area is 95.3 Å². The maximum Gasteiger partial charge on any atom is 0.155 e. The van der Waals surface area contributed by atoms with Gasteiger partial charge in [-0.15, -0.1) is 0 Å². The van der Waals surface area contributed by atoms with Gasteiger partial charge in [0.05, 0.1) is 24.0 Å². The molecule has 0 aromatic carbocycles. The van der Waals surface area contributed by atoms with Crippen LogP contribution in [0.15, 0.2) is 12.5 Å². The maximum atomic E-state index is 9.97. The molecule has 1 aromatic rings. The molecule has 2 rings (SSSR count). The Kier molecular flexibility index (Phi) is 3.24. The van der Waals surface area contributed by atoms with Gasteiger partial charge in [0.25, 0.3) is 0 Å². The van der Waals surface area contributed by atoms with Gasteiger partial charge in [-0.3, -0.25) is 0 Å².